The molecule has 9 heteroatoms. The number of fused-ring (bicyclic) bond motifs is 1. The highest BCUT2D eigenvalue weighted by molar-refractivity contribution is 7.99. The van der Waals surface area contributed by atoms with Crippen molar-refractivity contribution in [1.82, 2.24) is 9.97 Å². The minimum absolute atomic E-state index is 0.0861. The van der Waals surface area contributed by atoms with Gasteiger partial charge in [-0.2, -0.15) is 0 Å². The van der Waals surface area contributed by atoms with Crippen LogP contribution in [0.1, 0.15) is 23.5 Å². The number of thioether (sulfide) groups is 1. The van der Waals surface area contributed by atoms with Crippen molar-refractivity contribution < 1.29 is 19.0 Å². The highest BCUT2D eigenvalue weighted by Gasteiger charge is 2.33. The zero-order chi connectivity index (χ0) is 20.3. The summed E-state index contributed by atoms with van der Waals surface area (Å²) in [5.41, 5.74) is 0.724. The van der Waals surface area contributed by atoms with Crippen LogP contribution in [0.15, 0.2) is 34.7 Å². The van der Waals surface area contributed by atoms with Gasteiger partial charge < -0.3 is 24.5 Å². The number of amides is 1. The zero-order valence-electron chi connectivity index (χ0n) is 15.8. The molecule has 0 spiro atoms. The van der Waals surface area contributed by atoms with E-state index in [2.05, 4.69) is 21.9 Å². The van der Waals surface area contributed by atoms with Crippen molar-refractivity contribution in [3.05, 3.63) is 46.3 Å². The quantitative estimate of drug-likeness (QED) is 0.416. The first kappa shape index (κ1) is 19.8. The summed E-state index contributed by atoms with van der Waals surface area (Å²) in [6.07, 6.45) is 1.79. The Morgan fingerprint density at radius 1 is 1.18 bits per heavy atom. The number of hydrogen-bond acceptors (Lipinski definition) is 7. The maximum atomic E-state index is 12.8. The second kappa shape index (κ2) is 8.39. The number of rotatable bonds is 7. The second-order valence-electron chi connectivity index (χ2n) is 5.99. The molecular weight excluding hydrogens is 382 g/mol. The van der Waals surface area contributed by atoms with Gasteiger partial charge in [0.05, 0.1) is 26.9 Å². The predicted octanol–water partition coefficient (Wildman–Crippen LogP) is 2.55. The van der Waals surface area contributed by atoms with E-state index in [1.807, 2.05) is 0 Å². The molecule has 2 heterocycles. The molecule has 3 rings (SSSR count). The van der Waals surface area contributed by atoms with E-state index in [0.29, 0.717) is 39.3 Å². The molecular formula is C19H21N3O5S. The number of nitrogens with zero attached hydrogens (tertiary/aromatic N) is 1. The second-order valence-corrected chi connectivity index (χ2v) is 7.00. The molecule has 0 fully saturated rings. The molecule has 8 nitrogen and oxygen atoms in total. The molecule has 1 aromatic carbocycles. The van der Waals surface area contributed by atoms with E-state index < -0.39 is 5.92 Å². The van der Waals surface area contributed by atoms with Crippen LogP contribution in [0.25, 0.3) is 0 Å². The number of aromatic amines is 1. The van der Waals surface area contributed by atoms with Crippen molar-refractivity contribution >= 4 is 23.5 Å². The van der Waals surface area contributed by atoms with E-state index >= 15 is 0 Å². The number of ether oxygens (including phenoxy) is 3. The van der Waals surface area contributed by atoms with Gasteiger partial charge in [0, 0.05) is 29.7 Å². The average Bonchev–Trinajstić information content (AvgIpc) is 2.70. The number of hydrogen-bond donors (Lipinski definition) is 2. The molecule has 1 aliphatic rings. The third-order valence-corrected chi connectivity index (χ3v) is 5.25. The topological polar surface area (TPSA) is 103 Å². The molecule has 1 aliphatic heterocycles. The summed E-state index contributed by atoms with van der Waals surface area (Å²) in [6, 6.07) is 3.40. The monoisotopic (exact) mass is 403 g/mol. The van der Waals surface area contributed by atoms with Crippen molar-refractivity contribution in [2.24, 2.45) is 0 Å². The van der Waals surface area contributed by atoms with E-state index in [9.17, 15) is 9.59 Å². The fourth-order valence-electron chi connectivity index (χ4n) is 3.15. The standard InChI is InChI=1S/C19H21N3O5S/c1-5-6-28-19-21-17-16(18(24)22-19)11(8-15(23)20-17)10-7-13(26-3)14(27-4)9-12(10)25-2/h5,7,9,11H,1,6,8H2,2-4H3,(H2,20,21,22,23,24)/t11-/m1/s1. The van der Waals surface area contributed by atoms with Gasteiger partial charge in [0.25, 0.3) is 5.56 Å². The van der Waals surface area contributed by atoms with Gasteiger partial charge in [0.1, 0.15) is 11.6 Å². The van der Waals surface area contributed by atoms with Gasteiger partial charge in [0.15, 0.2) is 16.7 Å². The Hall–Kier alpha value is -2.94. The van der Waals surface area contributed by atoms with Gasteiger partial charge in [-0.1, -0.05) is 17.8 Å². The summed E-state index contributed by atoms with van der Waals surface area (Å²) in [5.74, 6) is 1.55. The predicted molar refractivity (Wildman–Crippen MR) is 107 cm³/mol. The highest BCUT2D eigenvalue weighted by atomic mass is 32.2. The Morgan fingerprint density at radius 2 is 1.86 bits per heavy atom. The maximum absolute atomic E-state index is 12.8. The number of nitrogens with one attached hydrogen (secondary N) is 2. The Labute approximate surface area is 166 Å². The summed E-state index contributed by atoms with van der Waals surface area (Å²) in [6.45, 7) is 3.65. The fraction of sp³-hybridized carbons (Fsp3) is 0.316. The normalized spacial score (nSPS) is 15.4. The van der Waals surface area contributed by atoms with Crippen LogP contribution in [0.3, 0.4) is 0 Å². The summed E-state index contributed by atoms with van der Waals surface area (Å²) >= 11 is 1.33. The summed E-state index contributed by atoms with van der Waals surface area (Å²) in [4.78, 5) is 32.3. The molecule has 2 N–H and O–H groups in total. The smallest absolute Gasteiger partial charge is 0.257 e. The summed E-state index contributed by atoms with van der Waals surface area (Å²) < 4.78 is 16.2. The van der Waals surface area contributed by atoms with Crippen molar-refractivity contribution in [1.29, 1.82) is 0 Å². The van der Waals surface area contributed by atoms with Gasteiger partial charge in [-0.3, -0.25) is 9.59 Å². The molecule has 28 heavy (non-hydrogen) atoms. The molecule has 0 saturated heterocycles. The Kier molecular flexibility index (Phi) is 5.93. The molecule has 0 unspecified atom stereocenters. The molecule has 2 aromatic rings. The average molecular weight is 403 g/mol. The maximum Gasteiger partial charge on any atom is 0.257 e. The van der Waals surface area contributed by atoms with E-state index in [0.717, 1.165) is 0 Å². The van der Waals surface area contributed by atoms with Crippen molar-refractivity contribution in [3.8, 4) is 17.2 Å². The Morgan fingerprint density at radius 3 is 2.50 bits per heavy atom. The molecule has 0 saturated carbocycles. The molecule has 1 amide bonds. The van der Waals surface area contributed by atoms with Gasteiger partial charge in [-0.25, -0.2) is 4.98 Å². The number of carbonyl (C=O) groups excluding carboxylic acids is 1. The van der Waals surface area contributed by atoms with Crippen molar-refractivity contribution in [2.45, 2.75) is 17.5 Å². The first-order valence-corrected chi connectivity index (χ1v) is 9.48. The molecule has 148 valence electrons. The first-order valence-electron chi connectivity index (χ1n) is 8.50. The highest BCUT2D eigenvalue weighted by Crippen LogP contribution is 2.43. The molecule has 0 bridgehead atoms. The van der Waals surface area contributed by atoms with Crippen LogP contribution in [0.5, 0.6) is 17.2 Å². The summed E-state index contributed by atoms with van der Waals surface area (Å²) in [7, 11) is 4.57. The Balaban J connectivity index is 2.16. The lowest BCUT2D eigenvalue weighted by Crippen LogP contribution is -2.31. The van der Waals surface area contributed by atoms with Gasteiger partial charge in [-0.05, 0) is 6.07 Å². The van der Waals surface area contributed by atoms with E-state index in [1.165, 1.54) is 33.1 Å². The number of methoxy groups -OCH3 is 3. The fourth-order valence-corrected chi connectivity index (χ4v) is 3.74. The van der Waals surface area contributed by atoms with Crippen LogP contribution in [0, 0.1) is 0 Å². The number of anilines is 1. The SMILES string of the molecule is C=CCSc1nc2c(c(=O)[nH]1)[C@@H](c1cc(OC)c(OC)cc1OC)CC(=O)N2. The third kappa shape index (κ3) is 3.70. The molecule has 1 atom stereocenters. The number of aromatic nitrogens is 2. The van der Waals surface area contributed by atoms with Crippen molar-refractivity contribution in [3.63, 3.8) is 0 Å². The largest absolute Gasteiger partial charge is 0.496 e. The lowest BCUT2D eigenvalue weighted by Gasteiger charge is -2.26. The minimum atomic E-state index is -0.534. The lowest BCUT2D eigenvalue weighted by atomic mass is 9.86. The molecule has 0 aliphatic carbocycles. The summed E-state index contributed by atoms with van der Waals surface area (Å²) in [5, 5.41) is 3.12. The van der Waals surface area contributed by atoms with E-state index in [4.69, 9.17) is 14.2 Å². The van der Waals surface area contributed by atoms with Gasteiger partial charge >= 0.3 is 0 Å². The van der Waals surface area contributed by atoms with Crippen LogP contribution in [0.2, 0.25) is 0 Å². The van der Waals surface area contributed by atoms with Crippen LogP contribution in [-0.4, -0.2) is 43.0 Å². The van der Waals surface area contributed by atoms with Crippen molar-refractivity contribution in [2.75, 3.05) is 32.4 Å². The molecule has 1 aromatic heterocycles. The Bertz CT molecular complexity index is 973. The van der Waals surface area contributed by atoms with Crippen LogP contribution in [0.4, 0.5) is 5.82 Å². The number of carbonyl (C=O) groups is 1. The number of benzene rings is 1. The third-order valence-electron chi connectivity index (χ3n) is 4.38. The van der Waals surface area contributed by atoms with E-state index in [-0.39, 0.29) is 23.7 Å². The van der Waals surface area contributed by atoms with Gasteiger partial charge in [-0.15, -0.1) is 6.58 Å². The van der Waals surface area contributed by atoms with Crippen LogP contribution < -0.4 is 25.1 Å². The zero-order valence-corrected chi connectivity index (χ0v) is 16.6. The lowest BCUT2D eigenvalue weighted by molar-refractivity contribution is -0.116. The first-order chi connectivity index (χ1) is 13.5. The minimum Gasteiger partial charge on any atom is -0.496 e. The molecule has 0 radical (unpaired) electrons. The van der Waals surface area contributed by atoms with Crippen LogP contribution >= 0.6 is 11.8 Å². The van der Waals surface area contributed by atoms with E-state index in [1.54, 1.807) is 18.2 Å². The van der Waals surface area contributed by atoms with Gasteiger partial charge in [0.2, 0.25) is 5.91 Å². The van der Waals surface area contributed by atoms with Crippen LogP contribution in [-0.2, 0) is 4.79 Å². The number of H-pyrrole nitrogens is 1.